The fourth-order valence-electron chi connectivity index (χ4n) is 3.92. The van der Waals surface area contributed by atoms with Crippen molar-refractivity contribution in [1.82, 2.24) is 29.9 Å². The molecule has 0 amide bonds. The molecule has 1 saturated carbocycles. The van der Waals surface area contributed by atoms with Crippen LogP contribution < -0.4 is 10.1 Å². The zero-order valence-corrected chi connectivity index (χ0v) is 15.9. The third kappa shape index (κ3) is 2.66. The smallest absolute Gasteiger partial charge is 0.228 e. The van der Waals surface area contributed by atoms with Gasteiger partial charge in [0.05, 0.1) is 23.6 Å². The van der Waals surface area contributed by atoms with Crippen molar-refractivity contribution < 1.29 is 9.84 Å². The number of nitrogens with zero attached hydrogens (tertiary/aromatic N) is 5. The molecule has 1 aliphatic carbocycles. The van der Waals surface area contributed by atoms with E-state index in [4.69, 9.17) is 4.74 Å². The average Bonchev–Trinajstić information content (AvgIpc) is 3.23. The Morgan fingerprint density at radius 1 is 1.32 bits per heavy atom. The number of anilines is 1. The van der Waals surface area contributed by atoms with Gasteiger partial charge in [0.15, 0.2) is 0 Å². The molecular weight excluding hydrogens is 358 g/mol. The number of rotatable bonds is 4. The van der Waals surface area contributed by atoms with E-state index < -0.39 is 5.60 Å². The maximum atomic E-state index is 9.92. The van der Waals surface area contributed by atoms with E-state index in [2.05, 4.69) is 30.6 Å². The Kier molecular flexibility index (Phi) is 3.57. The largest absolute Gasteiger partial charge is 0.480 e. The number of aliphatic hydroxyl groups is 1. The van der Waals surface area contributed by atoms with Crippen LogP contribution in [0.25, 0.3) is 33.2 Å². The molecule has 5 rings (SSSR count). The predicted octanol–water partition coefficient (Wildman–Crippen LogP) is 2.24. The van der Waals surface area contributed by atoms with Crippen LogP contribution >= 0.6 is 0 Å². The molecule has 0 radical (unpaired) electrons. The Balaban J connectivity index is 1.56. The first-order chi connectivity index (χ1) is 13.4. The number of aromatic nitrogens is 6. The lowest BCUT2D eigenvalue weighted by Crippen LogP contribution is -2.48. The van der Waals surface area contributed by atoms with E-state index in [0.29, 0.717) is 30.3 Å². The molecule has 4 aromatic rings. The normalized spacial score (nSPS) is 21.8. The summed E-state index contributed by atoms with van der Waals surface area (Å²) in [5.74, 6) is 0.989. The standard InChI is InChI=1S/C19H21N7O2/c1-19(27)7-11(8-19)21-18-22-16-15(17(23-18)28-3)12(9-20-16)10-4-5-13-14(6-10)26(2)25-24-13/h4-6,9,11,27H,7-8H2,1-3H3,(H2,20,21,22,23). The summed E-state index contributed by atoms with van der Waals surface area (Å²) in [6.45, 7) is 1.83. The molecule has 28 heavy (non-hydrogen) atoms. The third-order valence-corrected chi connectivity index (χ3v) is 5.32. The minimum Gasteiger partial charge on any atom is -0.480 e. The molecule has 9 nitrogen and oxygen atoms in total. The lowest BCUT2D eigenvalue weighted by Gasteiger charge is -2.41. The van der Waals surface area contributed by atoms with E-state index in [0.717, 1.165) is 27.5 Å². The highest BCUT2D eigenvalue weighted by Gasteiger charge is 2.38. The van der Waals surface area contributed by atoms with E-state index in [-0.39, 0.29) is 6.04 Å². The van der Waals surface area contributed by atoms with Crippen molar-refractivity contribution in [2.45, 2.75) is 31.4 Å². The van der Waals surface area contributed by atoms with Crippen molar-refractivity contribution >= 4 is 28.0 Å². The molecule has 0 unspecified atom stereocenters. The number of hydrogen-bond donors (Lipinski definition) is 3. The molecule has 0 atom stereocenters. The zero-order valence-electron chi connectivity index (χ0n) is 15.9. The maximum Gasteiger partial charge on any atom is 0.228 e. The molecule has 1 aliphatic rings. The number of ether oxygens (including phenoxy) is 1. The number of benzene rings is 1. The van der Waals surface area contributed by atoms with Crippen LogP contribution in [-0.2, 0) is 7.05 Å². The van der Waals surface area contributed by atoms with E-state index in [9.17, 15) is 5.11 Å². The molecule has 0 saturated heterocycles. The second-order valence-corrected chi connectivity index (χ2v) is 7.65. The quantitative estimate of drug-likeness (QED) is 0.498. The number of aromatic amines is 1. The van der Waals surface area contributed by atoms with Crippen molar-refractivity contribution in [3.05, 3.63) is 24.4 Å². The number of fused-ring (bicyclic) bond motifs is 2. The van der Waals surface area contributed by atoms with Crippen LogP contribution in [0.5, 0.6) is 5.88 Å². The van der Waals surface area contributed by atoms with Gasteiger partial charge in [0.2, 0.25) is 11.8 Å². The monoisotopic (exact) mass is 379 g/mol. The fraction of sp³-hybridized carbons (Fsp3) is 0.368. The van der Waals surface area contributed by atoms with E-state index >= 15 is 0 Å². The predicted molar refractivity (Wildman–Crippen MR) is 105 cm³/mol. The lowest BCUT2D eigenvalue weighted by atomic mass is 9.77. The molecule has 1 fully saturated rings. The molecule has 0 bridgehead atoms. The molecule has 0 aliphatic heterocycles. The van der Waals surface area contributed by atoms with Gasteiger partial charge in [0.1, 0.15) is 11.2 Å². The first-order valence-corrected chi connectivity index (χ1v) is 9.15. The van der Waals surface area contributed by atoms with Gasteiger partial charge in [-0.05, 0) is 37.5 Å². The first kappa shape index (κ1) is 16.9. The van der Waals surface area contributed by atoms with Crippen LogP contribution in [0.1, 0.15) is 19.8 Å². The second kappa shape index (κ2) is 5.90. The molecule has 0 spiro atoms. The minimum atomic E-state index is -0.606. The molecular formula is C19H21N7O2. The Bertz CT molecular complexity index is 1190. The molecule has 9 heteroatoms. The summed E-state index contributed by atoms with van der Waals surface area (Å²) in [4.78, 5) is 12.4. The molecule has 3 N–H and O–H groups in total. The van der Waals surface area contributed by atoms with Crippen LogP contribution in [0.2, 0.25) is 0 Å². The van der Waals surface area contributed by atoms with Crippen LogP contribution in [0.15, 0.2) is 24.4 Å². The number of nitrogens with one attached hydrogen (secondary N) is 2. The molecule has 3 heterocycles. The molecule has 144 valence electrons. The van der Waals surface area contributed by atoms with Crippen LogP contribution in [0.4, 0.5) is 5.95 Å². The first-order valence-electron chi connectivity index (χ1n) is 9.15. The summed E-state index contributed by atoms with van der Waals surface area (Å²) in [6.07, 6.45) is 3.25. The van der Waals surface area contributed by atoms with Gasteiger partial charge in [0, 0.05) is 24.8 Å². The maximum absolute atomic E-state index is 9.92. The van der Waals surface area contributed by atoms with E-state index in [1.807, 2.05) is 38.4 Å². The average molecular weight is 379 g/mol. The Hall–Kier alpha value is -3.20. The van der Waals surface area contributed by atoms with Gasteiger partial charge < -0.3 is 20.1 Å². The van der Waals surface area contributed by atoms with Crippen molar-refractivity contribution in [3.8, 4) is 17.0 Å². The summed E-state index contributed by atoms with van der Waals surface area (Å²) < 4.78 is 7.32. The number of aryl methyl sites for hydroxylation is 1. The van der Waals surface area contributed by atoms with Crippen LogP contribution in [0, 0.1) is 0 Å². The number of H-pyrrole nitrogens is 1. The highest BCUT2D eigenvalue weighted by Crippen LogP contribution is 2.37. The number of methoxy groups -OCH3 is 1. The van der Waals surface area contributed by atoms with Crippen molar-refractivity contribution in [2.24, 2.45) is 7.05 Å². The Labute approximate surface area is 160 Å². The molecule has 1 aromatic carbocycles. The number of hydrogen-bond acceptors (Lipinski definition) is 7. The highest BCUT2D eigenvalue weighted by atomic mass is 16.5. The van der Waals surface area contributed by atoms with Crippen molar-refractivity contribution in [3.63, 3.8) is 0 Å². The van der Waals surface area contributed by atoms with Gasteiger partial charge >= 0.3 is 0 Å². The van der Waals surface area contributed by atoms with Gasteiger partial charge in [-0.2, -0.15) is 9.97 Å². The summed E-state index contributed by atoms with van der Waals surface area (Å²) in [6, 6.07) is 6.15. The SMILES string of the molecule is COc1nc(NC2CC(C)(O)C2)nc2[nH]cc(-c3ccc4nnn(C)c4c3)c12. The van der Waals surface area contributed by atoms with Gasteiger partial charge in [-0.1, -0.05) is 11.3 Å². The second-order valence-electron chi connectivity index (χ2n) is 7.65. The molecule has 3 aromatic heterocycles. The Morgan fingerprint density at radius 3 is 2.89 bits per heavy atom. The highest BCUT2D eigenvalue weighted by molar-refractivity contribution is 5.99. The Morgan fingerprint density at radius 2 is 2.14 bits per heavy atom. The van der Waals surface area contributed by atoms with Crippen molar-refractivity contribution in [1.29, 1.82) is 0 Å². The topological polar surface area (TPSA) is 114 Å². The summed E-state index contributed by atoms with van der Waals surface area (Å²) in [7, 11) is 3.47. The van der Waals surface area contributed by atoms with E-state index in [1.54, 1.807) is 11.8 Å². The van der Waals surface area contributed by atoms with Gasteiger partial charge in [-0.15, -0.1) is 5.10 Å². The van der Waals surface area contributed by atoms with Crippen molar-refractivity contribution in [2.75, 3.05) is 12.4 Å². The lowest BCUT2D eigenvalue weighted by molar-refractivity contribution is -0.0236. The fourth-order valence-corrected chi connectivity index (χ4v) is 3.92. The van der Waals surface area contributed by atoms with Crippen LogP contribution in [0.3, 0.4) is 0 Å². The summed E-state index contributed by atoms with van der Waals surface area (Å²) >= 11 is 0. The van der Waals surface area contributed by atoms with Gasteiger partial charge in [-0.25, -0.2) is 4.68 Å². The minimum absolute atomic E-state index is 0.159. The third-order valence-electron chi connectivity index (χ3n) is 5.32. The summed E-state index contributed by atoms with van der Waals surface area (Å²) in [5.41, 5.74) is 3.83. The van der Waals surface area contributed by atoms with Gasteiger partial charge in [0.25, 0.3) is 0 Å². The van der Waals surface area contributed by atoms with Gasteiger partial charge in [-0.3, -0.25) is 0 Å². The van der Waals surface area contributed by atoms with E-state index in [1.165, 1.54) is 0 Å². The zero-order chi connectivity index (χ0) is 19.5. The van der Waals surface area contributed by atoms with Crippen LogP contribution in [-0.4, -0.2) is 53.8 Å². The summed E-state index contributed by atoms with van der Waals surface area (Å²) in [5, 5.41) is 22.2.